The van der Waals surface area contributed by atoms with Crippen LogP contribution in [0, 0.1) is 0 Å². The number of anilines is 1. The normalized spacial score (nSPS) is 10.9. The van der Waals surface area contributed by atoms with Crippen molar-refractivity contribution >= 4 is 28.8 Å². The third kappa shape index (κ3) is 3.53. The van der Waals surface area contributed by atoms with Crippen molar-refractivity contribution in [3.63, 3.8) is 0 Å². The minimum absolute atomic E-state index is 0.372. The Morgan fingerprint density at radius 3 is 2.23 bits per heavy atom. The van der Waals surface area contributed by atoms with Crippen molar-refractivity contribution in [3.8, 4) is 5.75 Å². The Balaban J connectivity index is 2.81. The highest BCUT2D eigenvalue weighted by molar-refractivity contribution is 7.90. The lowest BCUT2D eigenvalue weighted by Gasteiger charge is -2.03. The highest BCUT2D eigenvalue weighted by Crippen LogP contribution is 2.16. The van der Waals surface area contributed by atoms with Crippen LogP contribution < -0.4 is 14.0 Å². The summed E-state index contributed by atoms with van der Waals surface area (Å²) < 4.78 is 27.8. The maximum atomic E-state index is 10.6. The zero-order valence-corrected chi connectivity index (χ0v) is 8.18. The minimum Gasteiger partial charge on any atom is -0.429 e. The summed E-state index contributed by atoms with van der Waals surface area (Å²) in [7, 11) is -3.71. The van der Waals surface area contributed by atoms with Crippen molar-refractivity contribution < 1.29 is 12.6 Å². The number of rotatable bonds is 3. The molecule has 1 aromatic carbocycles. The first kappa shape index (κ1) is 10.2. The van der Waals surface area contributed by atoms with Gasteiger partial charge in [0.15, 0.2) is 0 Å². The van der Waals surface area contributed by atoms with E-state index >= 15 is 0 Å². The average molecular weight is 220 g/mol. The summed E-state index contributed by atoms with van der Waals surface area (Å²) in [5, 5.41) is 4.75. The number of nitrogens with two attached hydrogens (primary N) is 1. The van der Waals surface area contributed by atoms with Crippen LogP contribution in [0.1, 0.15) is 0 Å². The Labute approximate surface area is 81.7 Å². The Morgan fingerprint density at radius 1 is 1.31 bits per heavy atom. The number of benzene rings is 1. The van der Waals surface area contributed by atoms with Crippen molar-refractivity contribution in [2.75, 3.05) is 4.72 Å². The number of hydrogen-bond acceptors (Lipinski definition) is 4. The molecule has 0 heterocycles. The molecular formula is C6H8N2O3S2. The van der Waals surface area contributed by atoms with Gasteiger partial charge in [-0.25, -0.2) is 5.14 Å². The van der Waals surface area contributed by atoms with E-state index < -0.39 is 10.2 Å². The predicted molar refractivity (Wildman–Crippen MR) is 52.8 cm³/mol. The molecule has 0 radical (unpaired) electrons. The first-order chi connectivity index (χ1) is 6.01. The molecule has 0 bridgehead atoms. The molecule has 0 atom stereocenters. The molecule has 0 aliphatic rings. The Morgan fingerprint density at radius 2 is 1.85 bits per heavy atom. The van der Waals surface area contributed by atoms with E-state index in [0.29, 0.717) is 11.4 Å². The van der Waals surface area contributed by atoms with E-state index in [2.05, 4.69) is 21.8 Å². The molecule has 1 aromatic rings. The molecule has 0 aliphatic carbocycles. The fraction of sp³-hybridized carbons (Fsp3) is 0. The Hall–Kier alpha value is -0.920. The second kappa shape index (κ2) is 3.86. The van der Waals surface area contributed by atoms with Gasteiger partial charge in [-0.15, -0.1) is 0 Å². The van der Waals surface area contributed by atoms with Crippen molar-refractivity contribution in [2.24, 2.45) is 5.14 Å². The van der Waals surface area contributed by atoms with Gasteiger partial charge in [0.25, 0.3) is 10.2 Å². The van der Waals surface area contributed by atoms with Crippen LogP contribution in [0.25, 0.3) is 0 Å². The molecule has 0 spiro atoms. The SMILES string of the molecule is NS(=O)(=O)Nc1ccc(OS)cc1. The number of thiol groups is 1. The average Bonchev–Trinajstić information content (AvgIpc) is 2.03. The molecule has 0 fully saturated rings. The van der Waals surface area contributed by atoms with Crippen LogP contribution >= 0.6 is 12.9 Å². The summed E-state index contributed by atoms with van der Waals surface area (Å²) in [4.78, 5) is 0. The van der Waals surface area contributed by atoms with E-state index in [1.54, 1.807) is 12.1 Å². The first-order valence-corrected chi connectivity index (χ1v) is 5.14. The van der Waals surface area contributed by atoms with Crippen LogP contribution in [0.15, 0.2) is 24.3 Å². The molecule has 72 valence electrons. The minimum atomic E-state index is -3.71. The third-order valence-electron chi connectivity index (χ3n) is 1.22. The molecule has 1 rings (SSSR count). The largest absolute Gasteiger partial charge is 0.429 e. The van der Waals surface area contributed by atoms with Crippen molar-refractivity contribution in [1.29, 1.82) is 0 Å². The van der Waals surface area contributed by atoms with Gasteiger partial charge in [-0.05, 0) is 24.3 Å². The zero-order chi connectivity index (χ0) is 9.90. The molecule has 0 aliphatic heterocycles. The van der Waals surface area contributed by atoms with Crippen LogP contribution in [-0.2, 0) is 10.2 Å². The summed E-state index contributed by atoms with van der Waals surface area (Å²) in [6, 6.07) is 6.13. The van der Waals surface area contributed by atoms with Crippen LogP contribution in [0.3, 0.4) is 0 Å². The third-order valence-corrected chi connectivity index (χ3v) is 1.95. The van der Waals surface area contributed by atoms with Gasteiger partial charge in [0.1, 0.15) is 5.75 Å². The lowest BCUT2D eigenvalue weighted by molar-refractivity contribution is 0.603. The lowest BCUT2D eigenvalue weighted by Crippen LogP contribution is -2.21. The molecule has 0 aromatic heterocycles. The van der Waals surface area contributed by atoms with Crippen LogP contribution in [-0.4, -0.2) is 8.42 Å². The summed E-state index contributed by atoms with van der Waals surface area (Å²) in [5.41, 5.74) is 0.372. The molecule has 13 heavy (non-hydrogen) atoms. The maximum Gasteiger partial charge on any atom is 0.296 e. The maximum absolute atomic E-state index is 10.6. The van der Waals surface area contributed by atoms with Crippen molar-refractivity contribution in [2.45, 2.75) is 0 Å². The topological polar surface area (TPSA) is 81.4 Å². The van der Waals surface area contributed by atoms with Gasteiger partial charge < -0.3 is 4.18 Å². The van der Waals surface area contributed by atoms with E-state index in [4.69, 9.17) is 5.14 Å². The summed E-state index contributed by atoms with van der Waals surface area (Å²) in [5.74, 6) is 0.517. The molecule has 5 nitrogen and oxygen atoms in total. The second-order valence-corrected chi connectivity index (χ2v) is 3.74. The van der Waals surface area contributed by atoms with Gasteiger partial charge in [-0.2, -0.15) is 8.42 Å². The first-order valence-electron chi connectivity index (χ1n) is 3.23. The predicted octanol–water partition coefficient (Wildman–Crippen LogP) is 0.526. The van der Waals surface area contributed by atoms with Gasteiger partial charge in [-0.3, -0.25) is 4.72 Å². The highest BCUT2D eigenvalue weighted by atomic mass is 32.2. The Bertz CT molecular complexity index is 373. The zero-order valence-electron chi connectivity index (χ0n) is 6.47. The van der Waals surface area contributed by atoms with Crippen molar-refractivity contribution in [1.82, 2.24) is 0 Å². The fourth-order valence-corrected chi connectivity index (χ4v) is 1.33. The summed E-state index contributed by atoms with van der Waals surface area (Å²) >= 11 is 3.57. The molecule has 0 saturated heterocycles. The van der Waals surface area contributed by atoms with Gasteiger partial charge >= 0.3 is 0 Å². The highest BCUT2D eigenvalue weighted by Gasteiger charge is 2.01. The van der Waals surface area contributed by atoms with E-state index in [0.717, 1.165) is 0 Å². The molecule has 0 unspecified atom stereocenters. The molecule has 7 heteroatoms. The van der Waals surface area contributed by atoms with Gasteiger partial charge in [0.05, 0.1) is 0 Å². The quantitative estimate of drug-likeness (QED) is 0.513. The van der Waals surface area contributed by atoms with Crippen LogP contribution in [0.4, 0.5) is 5.69 Å². The fourth-order valence-electron chi connectivity index (χ4n) is 0.748. The van der Waals surface area contributed by atoms with E-state index in [-0.39, 0.29) is 0 Å². The molecule has 0 saturated carbocycles. The van der Waals surface area contributed by atoms with E-state index in [9.17, 15) is 8.42 Å². The molecular weight excluding hydrogens is 212 g/mol. The molecule has 3 N–H and O–H groups in total. The number of hydrogen-bond donors (Lipinski definition) is 3. The number of nitrogens with one attached hydrogen (secondary N) is 1. The lowest BCUT2D eigenvalue weighted by atomic mass is 10.3. The van der Waals surface area contributed by atoms with E-state index in [1.165, 1.54) is 12.1 Å². The monoisotopic (exact) mass is 220 g/mol. The molecule has 0 amide bonds. The van der Waals surface area contributed by atoms with Crippen LogP contribution in [0.5, 0.6) is 5.75 Å². The van der Waals surface area contributed by atoms with Crippen LogP contribution in [0.2, 0.25) is 0 Å². The second-order valence-electron chi connectivity index (χ2n) is 2.26. The summed E-state index contributed by atoms with van der Waals surface area (Å²) in [6.45, 7) is 0. The van der Waals surface area contributed by atoms with E-state index in [1.807, 2.05) is 0 Å². The standard InChI is InChI=1S/C6H8N2O3S2/c7-13(9,10)8-5-1-3-6(11-12)4-2-5/h1-4,8,12H,(H2,7,9,10). The Kier molecular flexibility index (Phi) is 3.02. The van der Waals surface area contributed by atoms with Gasteiger partial charge in [0, 0.05) is 18.6 Å². The summed E-state index contributed by atoms with van der Waals surface area (Å²) in [6.07, 6.45) is 0. The van der Waals surface area contributed by atoms with Crippen molar-refractivity contribution in [3.05, 3.63) is 24.3 Å². The van der Waals surface area contributed by atoms with Gasteiger partial charge in [0.2, 0.25) is 0 Å². The smallest absolute Gasteiger partial charge is 0.296 e. The van der Waals surface area contributed by atoms with Gasteiger partial charge in [-0.1, -0.05) is 0 Å².